The van der Waals surface area contributed by atoms with Gasteiger partial charge in [-0.15, -0.1) is 0 Å². The van der Waals surface area contributed by atoms with Crippen molar-refractivity contribution in [3.8, 4) is 23.1 Å². The number of nitrogens with one attached hydrogen (secondary N) is 2. The van der Waals surface area contributed by atoms with Crippen molar-refractivity contribution in [2.75, 3.05) is 37.7 Å². The highest BCUT2D eigenvalue weighted by Gasteiger charge is 2.32. The molecule has 0 radical (unpaired) electrons. The monoisotopic (exact) mass is 513 g/mol. The minimum Gasteiger partial charge on any atom is -0.493 e. The van der Waals surface area contributed by atoms with E-state index < -0.39 is 24.8 Å². The zero-order valence-corrected chi connectivity index (χ0v) is 20.4. The zero-order valence-electron chi connectivity index (χ0n) is 20.4. The summed E-state index contributed by atoms with van der Waals surface area (Å²) in [6, 6.07) is 10.7. The number of rotatable bonds is 10. The Morgan fingerprint density at radius 3 is 2.62 bits per heavy atom. The molecule has 2 aromatic carbocycles. The fraction of sp³-hybridized carbons (Fsp3) is 0.280. The maximum absolute atomic E-state index is 13.2. The fourth-order valence-electron chi connectivity index (χ4n) is 3.36. The van der Waals surface area contributed by atoms with E-state index in [0.29, 0.717) is 40.4 Å². The Morgan fingerprint density at radius 2 is 1.89 bits per heavy atom. The lowest BCUT2D eigenvalue weighted by Gasteiger charge is -2.17. The Hall–Kier alpha value is -4.48. The second-order valence-corrected chi connectivity index (χ2v) is 8.25. The summed E-state index contributed by atoms with van der Waals surface area (Å²) >= 11 is 0. The highest BCUT2D eigenvalue weighted by molar-refractivity contribution is 5.99. The number of amides is 2. The van der Waals surface area contributed by atoms with Crippen molar-refractivity contribution in [2.45, 2.75) is 19.3 Å². The van der Waals surface area contributed by atoms with Gasteiger partial charge in [0, 0.05) is 23.9 Å². The molecule has 4 aromatic rings. The summed E-state index contributed by atoms with van der Waals surface area (Å²) in [4.78, 5) is 21.0. The standard InChI is InChI=1S/C25H25F2N5O5/c1-4-35-20-9-17-18(10-19(20)34-3)28-14-29-23(17)36-16-7-5-6-15(8-16)30-24(33)31-22-11-21(37-32-22)25(2,12-26)13-27/h5-11,14H,4,12-13H2,1-3H3,(H2,30,31,32,33). The third kappa shape index (κ3) is 5.68. The lowest BCUT2D eigenvalue weighted by molar-refractivity contribution is 0.206. The Bertz CT molecular complexity index is 1390. The Balaban J connectivity index is 1.49. The number of urea groups is 1. The summed E-state index contributed by atoms with van der Waals surface area (Å²) in [5, 5.41) is 9.37. The topological polar surface area (TPSA) is 121 Å². The van der Waals surface area contributed by atoms with E-state index in [-0.39, 0.29) is 17.5 Å². The number of anilines is 2. The van der Waals surface area contributed by atoms with E-state index in [1.807, 2.05) is 6.92 Å². The predicted octanol–water partition coefficient (Wildman–Crippen LogP) is 5.66. The second kappa shape index (κ2) is 11.1. The number of aromatic nitrogens is 3. The maximum atomic E-state index is 13.2. The third-order valence-corrected chi connectivity index (χ3v) is 5.43. The molecule has 0 unspecified atom stereocenters. The number of carbonyl (C=O) groups is 1. The van der Waals surface area contributed by atoms with Crippen LogP contribution in [0, 0.1) is 0 Å². The van der Waals surface area contributed by atoms with Crippen LogP contribution >= 0.6 is 0 Å². The Labute approximate surface area is 210 Å². The van der Waals surface area contributed by atoms with Gasteiger partial charge in [0.25, 0.3) is 0 Å². The van der Waals surface area contributed by atoms with E-state index in [0.717, 1.165) is 0 Å². The van der Waals surface area contributed by atoms with Gasteiger partial charge in [0.1, 0.15) is 31.2 Å². The van der Waals surface area contributed by atoms with Gasteiger partial charge in [-0.3, -0.25) is 5.32 Å². The quantitative estimate of drug-likeness (QED) is 0.279. The molecule has 2 N–H and O–H groups in total. The first-order valence-corrected chi connectivity index (χ1v) is 11.3. The molecule has 37 heavy (non-hydrogen) atoms. The number of alkyl halides is 2. The number of ether oxygens (including phenoxy) is 3. The van der Waals surface area contributed by atoms with Gasteiger partial charge in [-0.1, -0.05) is 11.2 Å². The second-order valence-electron chi connectivity index (χ2n) is 8.25. The molecule has 0 aliphatic carbocycles. The molecule has 2 heterocycles. The SMILES string of the molecule is CCOc1cc2c(Oc3cccc(NC(=O)Nc4cc(C(C)(CF)CF)on4)c3)ncnc2cc1OC. The van der Waals surface area contributed by atoms with Gasteiger partial charge in [-0.05, 0) is 32.0 Å². The Kier molecular flexibility index (Phi) is 7.66. The van der Waals surface area contributed by atoms with Crippen LogP contribution in [0.1, 0.15) is 19.6 Å². The summed E-state index contributed by atoms with van der Waals surface area (Å²) in [5.41, 5.74) is -0.455. The zero-order chi connectivity index (χ0) is 26.4. The highest BCUT2D eigenvalue weighted by Crippen LogP contribution is 2.36. The van der Waals surface area contributed by atoms with Gasteiger partial charge in [0.05, 0.1) is 30.0 Å². The molecular weight excluding hydrogens is 488 g/mol. The summed E-state index contributed by atoms with van der Waals surface area (Å²) in [6.45, 7) is 1.72. The van der Waals surface area contributed by atoms with Crippen LogP contribution in [0.2, 0.25) is 0 Å². The lowest BCUT2D eigenvalue weighted by Crippen LogP contribution is -2.26. The third-order valence-electron chi connectivity index (χ3n) is 5.43. The van der Waals surface area contributed by atoms with Crippen molar-refractivity contribution in [3.63, 3.8) is 0 Å². The van der Waals surface area contributed by atoms with Gasteiger partial charge in [0.2, 0.25) is 5.88 Å². The molecular formula is C25H25F2N5O5. The number of hydrogen-bond donors (Lipinski definition) is 2. The van der Waals surface area contributed by atoms with E-state index in [2.05, 4.69) is 25.8 Å². The van der Waals surface area contributed by atoms with Gasteiger partial charge in [-0.25, -0.2) is 23.5 Å². The molecule has 0 saturated carbocycles. The molecule has 0 aliphatic rings. The smallest absolute Gasteiger partial charge is 0.324 e. The van der Waals surface area contributed by atoms with Crippen LogP contribution in [0.3, 0.4) is 0 Å². The number of fused-ring (bicyclic) bond motifs is 1. The van der Waals surface area contributed by atoms with Gasteiger partial charge < -0.3 is 24.1 Å². The molecule has 0 bridgehead atoms. The summed E-state index contributed by atoms with van der Waals surface area (Å²) < 4.78 is 48.4. The molecule has 4 rings (SSSR count). The number of methoxy groups -OCH3 is 1. The van der Waals surface area contributed by atoms with E-state index in [4.69, 9.17) is 18.7 Å². The molecule has 0 aliphatic heterocycles. The lowest BCUT2D eigenvalue weighted by atomic mass is 9.91. The number of nitrogens with zero attached hydrogens (tertiary/aromatic N) is 3. The van der Waals surface area contributed by atoms with Crippen molar-refractivity contribution in [3.05, 3.63) is 54.6 Å². The number of carbonyl (C=O) groups excluding carboxylic acids is 1. The largest absolute Gasteiger partial charge is 0.493 e. The van der Waals surface area contributed by atoms with Crippen molar-refractivity contribution in [1.82, 2.24) is 15.1 Å². The fourth-order valence-corrected chi connectivity index (χ4v) is 3.36. The van der Waals surface area contributed by atoms with Crippen LogP contribution in [-0.2, 0) is 5.41 Å². The van der Waals surface area contributed by atoms with Gasteiger partial charge in [0.15, 0.2) is 17.3 Å². The van der Waals surface area contributed by atoms with Crippen LogP contribution in [0.15, 0.2) is 53.3 Å². The van der Waals surface area contributed by atoms with Crippen molar-refractivity contribution in [2.24, 2.45) is 0 Å². The van der Waals surface area contributed by atoms with Crippen molar-refractivity contribution >= 4 is 28.4 Å². The average Bonchev–Trinajstić information content (AvgIpc) is 3.37. The summed E-state index contributed by atoms with van der Waals surface area (Å²) in [6.07, 6.45) is 1.37. The van der Waals surface area contributed by atoms with Crippen LogP contribution in [0.25, 0.3) is 10.9 Å². The minimum atomic E-state index is -1.46. The van der Waals surface area contributed by atoms with Crippen molar-refractivity contribution in [1.29, 1.82) is 0 Å². The number of halogens is 2. The van der Waals surface area contributed by atoms with Crippen LogP contribution in [0.4, 0.5) is 25.1 Å². The summed E-state index contributed by atoms with van der Waals surface area (Å²) in [7, 11) is 1.55. The van der Waals surface area contributed by atoms with E-state index >= 15 is 0 Å². The van der Waals surface area contributed by atoms with Crippen molar-refractivity contribution < 1.29 is 32.3 Å². The van der Waals surface area contributed by atoms with E-state index in [1.165, 1.54) is 19.3 Å². The molecule has 2 aromatic heterocycles. The van der Waals surface area contributed by atoms with Gasteiger partial charge in [-0.2, -0.15) is 0 Å². The molecule has 12 heteroatoms. The molecule has 2 amide bonds. The minimum absolute atomic E-state index is 0.00890. The average molecular weight is 514 g/mol. The molecule has 194 valence electrons. The first-order valence-electron chi connectivity index (χ1n) is 11.3. The molecule has 0 saturated heterocycles. The van der Waals surface area contributed by atoms with E-state index in [9.17, 15) is 13.6 Å². The predicted molar refractivity (Wildman–Crippen MR) is 132 cm³/mol. The first kappa shape index (κ1) is 25.6. The normalized spacial score (nSPS) is 11.3. The first-order chi connectivity index (χ1) is 17.9. The van der Waals surface area contributed by atoms with Crippen LogP contribution in [0.5, 0.6) is 23.1 Å². The number of hydrogen-bond acceptors (Lipinski definition) is 8. The summed E-state index contributed by atoms with van der Waals surface area (Å²) in [5.74, 6) is 1.76. The van der Waals surface area contributed by atoms with Gasteiger partial charge >= 0.3 is 6.03 Å². The molecule has 0 spiro atoms. The highest BCUT2D eigenvalue weighted by atomic mass is 19.1. The maximum Gasteiger partial charge on any atom is 0.324 e. The number of benzene rings is 2. The molecule has 10 nitrogen and oxygen atoms in total. The van der Waals surface area contributed by atoms with Crippen LogP contribution in [-0.4, -0.2) is 48.2 Å². The van der Waals surface area contributed by atoms with E-state index in [1.54, 1.807) is 43.5 Å². The molecule has 0 fully saturated rings. The molecule has 0 atom stereocenters. The van der Waals surface area contributed by atoms with Crippen LogP contribution < -0.4 is 24.8 Å². The Morgan fingerprint density at radius 1 is 1.08 bits per heavy atom.